The number of rotatable bonds is 10. The Kier molecular flexibility index (Phi) is 9.44. The zero-order chi connectivity index (χ0) is 20.9. The molecule has 0 aliphatic rings. The van der Waals surface area contributed by atoms with Crippen molar-refractivity contribution in [1.82, 2.24) is 10.6 Å². The Labute approximate surface area is 170 Å². The van der Waals surface area contributed by atoms with E-state index >= 15 is 0 Å². The molecule has 0 saturated heterocycles. The van der Waals surface area contributed by atoms with Gasteiger partial charge in [-0.3, -0.25) is 9.79 Å². The maximum atomic E-state index is 13.6. The lowest BCUT2D eigenvalue weighted by Gasteiger charge is -2.13. The molecule has 0 aliphatic heterocycles. The Hall–Kier alpha value is -3.13. The van der Waals surface area contributed by atoms with Crippen LogP contribution in [-0.2, 0) is 4.74 Å². The average molecular weight is 402 g/mol. The zero-order valence-corrected chi connectivity index (χ0v) is 16.7. The van der Waals surface area contributed by atoms with Gasteiger partial charge in [-0.1, -0.05) is 18.2 Å². The second-order valence-electron chi connectivity index (χ2n) is 6.08. The van der Waals surface area contributed by atoms with Crippen molar-refractivity contribution in [3.63, 3.8) is 0 Å². The number of halogens is 1. The molecule has 1 amide bonds. The van der Waals surface area contributed by atoms with Gasteiger partial charge in [-0.15, -0.1) is 0 Å². The molecule has 0 saturated carbocycles. The molecule has 0 aromatic heterocycles. The Morgan fingerprint density at radius 2 is 1.86 bits per heavy atom. The van der Waals surface area contributed by atoms with Crippen molar-refractivity contribution in [2.75, 3.05) is 45.8 Å². The minimum absolute atomic E-state index is 0.0253. The van der Waals surface area contributed by atoms with Crippen molar-refractivity contribution in [3.05, 3.63) is 59.9 Å². The van der Waals surface area contributed by atoms with Crippen LogP contribution < -0.4 is 20.7 Å². The van der Waals surface area contributed by atoms with Crippen LogP contribution in [0.5, 0.6) is 5.75 Å². The summed E-state index contributed by atoms with van der Waals surface area (Å²) >= 11 is 0. The Balaban J connectivity index is 1.76. The Bertz CT molecular complexity index is 814. The molecule has 29 heavy (non-hydrogen) atoms. The first-order chi connectivity index (χ1) is 14.1. The molecule has 2 aromatic carbocycles. The number of hydrogen-bond acceptors (Lipinski definition) is 4. The SMILES string of the molecule is CN=C(NCCNC(=O)c1ccccc1F)Nc1cccc(OCCCOC)c1. The predicted octanol–water partition coefficient (Wildman–Crippen LogP) is 2.66. The number of nitrogens with one attached hydrogen (secondary N) is 3. The summed E-state index contributed by atoms with van der Waals surface area (Å²) in [6.07, 6.45) is 0.815. The van der Waals surface area contributed by atoms with Crippen molar-refractivity contribution in [2.45, 2.75) is 6.42 Å². The van der Waals surface area contributed by atoms with Crippen LogP contribution in [0.1, 0.15) is 16.8 Å². The third-order valence-electron chi connectivity index (χ3n) is 3.90. The van der Waals surface area contributed by atoms with E-state index in [9.17, 15) is 9.18 Å². The molecule has 0 aliphatic carbocycles. The van der Waals surface area contributed by atoms with Gasteiger partial charge in [-0.05, 0) is 24.3 Å². The predicted molar refractivity (Wildman–Crippen MR) is 112 cm³/mol. The maximum absolute atomic E-state index is 13.6. The topological polar surface area (TPSA) is 84.0 Å². The molecule has 0 radical (unpaired) electrons. The number of carbonyl (C=O) groups excluding carboxylic acids is 1. The summed E-state index contributed by atoms with van der Waals surface area (Å²) in [6.45, 7) is 1.97. The van der Waals surface area contributed by atoms with Gasteiger partial charge in [0, 0.05) is 52.0 Å². The van der Waals surface area contributed by atoms with Crippen LogP contribution in [0.15, 0.2) is 53.5 Å². The molecule has 8 heteroatoms. The first-order valence-electron chi connectivity index (χ1n) is 9.36. The van der Waals surface area contributed by atoms with Crippen molar-refractivity contribution < 1.29 is 18.7 Å². The smallest absolute Gasteiger partial charge is 0.254 e. The summed E-state index contributed by atoms with van der Waals surface area (Å²) in [4.78, 5) is 16.1. The minimum Gasteiger partial charge on any atom is -0.493 e. The summed E-state index contributed by atoms with van der Waals surface area (Å²) in [5.41, 5.74) is 0.843. The number of anilines is 1. The number of carbonyl (C=O) groups is 1. The van der Waals surface area contributed by atoms with E-state index < -0.39 is 11.7 Å². The summed E-state index contributed by atoms with van der Waals surface area (Å²) in [6, 6.07) is 13.4. The number of ether oxygens (including phenoxy) is 2. The third-order valence-corrected chi connectivity index (χ3v) is 3.90. The molecule has 0 atom stereocenters. The van der Waals surface area contributed by atoms with E-state index in [1.807, 2.05) is 24.3 Å². The van der Waals surface area contributed by atoms with Gasteiger partial charge in [0.2, 0.25) is 0 Å². The van der Waals surface area contributed by atoms with Crippen molar-refractivity contribution in [3.8, 4) is 5.75 Å². The lowest BCUT2D eigenvalue weighted by atomic mass is 10.2. The molecule has 0 bridgehead atoms. The standard InChI is InChI=1S/C21H27FN4O3/c1-23-21(25-12-11-24-20(27)18-9-3-4-10-19(18)22)26-16-7-5-8-17(15-16)29-14-6-13-28-2/h3-5,7-10,15H,6,11-14H2,1-2H3,(H,24,27)(H2,23,25,26). The van der Waals surface area contributed by atoms with Gasteiger partial charge in [0.05, 0.1) is 12.2 Å². The molecule has 0 spiro atoms. The second kappa shape index (κ2) is 12.4. The van der Waals surface area contributed by atoms with Crippen molar-refractivity contribution in [2.24, 2.45) is 4.99 Å². The molecular formula is C21H27FN4O3. The van der Waals surface area contributed by atoms with E-state index in [1.165, 1.54) is 12.1 Å². The van der Waals surface area contributed by atoms with Crippen molar-refractivity contribution in [1.29, 1.82) is 0 Å². The van der Waals surface area contributed by atoms with Crippen LogP contribution >= 0.6 is 0 Å². The van der Waals surface area contributed by atoms with E-state index in [0.717, 1.165) is 17.9 Å². The fourth-order valence-corrected chi connectivity index (χ4v) is 2.47. The van der Waals surface area contributed by atoms with Crippen LogP contribution in [-0.4, -0.2) is 52.3 Å². The van der Waals surface area contributed by atoms with E-state index in [4.69, 9.17) is 9.47 Å². The molecule has 2 rings (SSSR count). The molecular weight excluding hydrogens is 375 g/mol. The average Bonchev–Trinajstić information content (AvgIpc) is 2.74. The highest BCUT2D eigenvalue weighted by atomic mass is 19.1. The van der Waals surface area contributed by atoms with Gasteiger partial charge >= 0.3 is 0 Å². The summed E-state index contributed by atoms with van der Waals surface area (Å²) in [5.74, 6) is 0.298. The van der Waals surface area contributed by atoms with Gasteiger partial charge in [0.15, 0.2) is 5.96 Å². The van der Waals surface area contributed by atoms with Gasteiger partial charge in [-0.2, -0.15) is 0 Å². The maximum Gasteiger partial charge on any atom is 0.254 e. The number of nitrogens with zero attached hydrogens (tertiary/aromatic N) is 1. The largest absolute Gasteiger partial charge is 0.493 e. The monoisotopic (exact) mass is 402 g/mol. The van der Waals surface area contributed by atoms with E-state index in [-0.39, 0.29) is 5.56 Å². The number of benzene rings is 2. The highest BCUT2D eigenvalue weighted by molar-refractivity contribution is 5.95. The fourth-order valence-electron chi connectivity index (χ4n) is 2.47. The Morgan fingerprint density at radius 1 is 1.07 bits per heavy atom. The summed E-state index contributed by atoms with van der Waals surface area (Å²) in [7, 11) is 3.31. The molecule has 7 nitrogen and oxygen atoms in total. The van der Waals surface area contributed by atoms with Crippen LogP contribution in [0.4, 0.5) is 10.1 Å². The lowest BCUT2D eigenvalue weighted by molar-refractivity contribution is 0.0950. The molecule has 0 unspecified atom stereocenters. The van der Waals surface area contributed by atoms with E-state index in [1.54, 1.807) is 26.3 Å². The number of guanidine groups is 1. The quantitative estimate of drug-likeness (QED) is 0.323. The van der Waals surface area contributed by atoms with Crippen LogP contribution in [0.25, 0.3) is 0 Å². The van der Waals surface area contributed by atoms with E-state index in [2.05, 4.69) is 20.9 Å². The highest BCUT2D eigenvalue weighted by Crippen LogP contribution is 2.17. The minimum atomic E-state index is -0.542. The molecule has 0 heterocycles. The molecule has 3 N–H and O–H groups in total. The second-order valence-corrected chi connectivity index (χ2v) is 6.08. The van der Waals surface area contributed by atoms with Gasteiger partial charge in [0.1, 0.15) is 11.6 Å². The first kappa shape index (κ1) is 22.2. The number of amides is 1. The molecule has 156 valence electrons. The third kappa shape index (κ3) is 7.79. The van der Waals surface area contributed by atoms with E-state index in [0.29, 0.717) is 32.3 Å². The zero-order valence-electron chi connectivity index (χ0n) is 16.7. The Morgan fingerprint density at radius 3 is 2.62 bits per heavy atom. The van der Waals surface area contributed by atoms with Gasteiger partial charge in [-0.25, -0.2) is 4.39 Å². The van der Waals surface area contributed by atoms with Gasteiger partial charge in [0.25, 0.3) is 5.91 Å². The van der Waals surface area contributed by atoms with Crippen LogP contribution in [0.3, 0.4) is 0 Å². The van der Waals surface area contributed by atoms with Crippen LogP contribution in [0, 0.1) is 5.82 Å². The summed E-state index contributed by atoms with van der Waals surface area (Å²) < 4.78 is 24.3. The van der Waals surface area contributed by atoms with Gasteiger partial charge < -0.3 is 25.4 Å². The highest BCUT2D eigenvalue weighted by Gasteiger charge is 2.09. The molecule has 0 fully saturated rings. The number of aliphatic imine (C=N–C) groups is 1. The fraction of sp³-hybridized carbons (Fsp3) is 0.333. The number of hydrogen-bond donors (Lipinski definition) is 3. The first-order valence-corrected chi connectivity index (χ1v) is 9.36. The number of methoxy groups -OCH3 is 1. The van der Waals surface area contributed by atoms with Crippen LogP contribution in [0.2, 0.25) is 0 Å². The normalized spacial score (nSPS) is 11.1. The van der Waals surface area contributed by atoms with Crippen molar-refractivity contribution >= 4 is 17.6 Å². The molecule has 2 aromatic rings. The lowest BCUT2D eigenvalue weighted by Crippen LogP contribution is -2.38. The summed E-state index contributed by atoms with van der Waals surface area (Å²) in [5, 5.41) is 8.92.